The summed E-state index contributed by atoms with van der Waals surface area (Å²) in [6.07, 6.45) is -4.62. The van der Waals surface area contributed by atoms with Gasteiger partial charge in [-0.1, -0.05) is 3.89 Å². The van der Waals surface area contributed by atoms with Crippen molar-refractivity contribution in [1.82, 2.24) is 0 Å². The van der Waals surface area contributed by atoms with Gasteiger partial charge in [-0.25, -0.2) is 48.3 Å². The Balaban J connectivity index is -0.0000000387. The molecule has 220 valence electrons. The van der Waals surface area contributed by atoms with Gasteiger partial charge in [0.2, 0.25) is 20.7 Å². The number of hydrogen-bond donors (Lipinski definition) is 1. The molecule has 0 aliphatic rings. The lowest BCUT2D eigenvalue weighted by molar-refractivity contribution is -0.167. The van der Waals surface area contributed by atoms with Crippen LogP contribution in [0.15, 0.2) is 0 Å². The molecule has 0 saturated carbocycles. The quantitative estimate of drug-likeness (QED) is 0.220. The van der Waals surface area contributed by atoms with E-state index in [4.69, 9.17) is 13.0 Å². The zero-order valence-corrected chi connectivity index (χ0v) is 17.7. The molecular formula is C11H21F17O5S. The minimum atomic E-state index is -5.17. The molecule has 0 aromatic heterocycles. The topological polar surface area (TPSA) is 72.8 Å². The molecule has 0 atom stereocenters. The van der Waals surface area contributed by atoms with E-state index in [2.05, 4.69) is 9.68 Å². The molecule has 5 nitrogen and oxygen atoms in total. The highest BCUT2D eigenvalue weighted by molar-refractivity contribution is 7.80. The van der Waals surface area contributed by atoms with Gasteiger partial charge in [-0.05, 0) is 4.53 Å². The average molecular weight is 588 g/mol. The van der Waals surface area contributed by atoms with Crippen molar-refractivity contribution >= 4 is 10.5 Å². The maximum atomic E-state index is 11.1. The molecule has 0 aliphatic carbocycles. The van der Waals surface area contributed by atoms with Crippen LogP contribution in [-0.4, -0.2) is 80.0 Å². The van der Waals surface area contributed by atoms with Crippen LogP contribution >= 0.6 is 0 Å². The molecule has 0 spiro atoms. The second kappa shape index (κ2) is 45.2. The Morgan fingerprint density at radius 1 is 0.706 bits per heavy atom. The highest BCUT2D eigenvalue weighted by Crippen LogP contribution is 2.13. The van der Waals surface area contributed by atoms with Crippen molar-refractivity contribution in [3.8, 4) is 0 Å². The molecule has 34 heavy (non-hydrogen) atoms. The van der Waals surface area contributed by atoms with Gasteiger partial charge in [-0.2, -0.15) is 26.5 Å². The summed E-state index contributed by atoms with van der Waals surface area (Å²) in [6, 6.07) is 0. The molecule has 0 bridgehead atoms. The van der Waals surface area contributed by atoms with E-state index in [-0.39, 0.29) is 0 Å². The van der Waals surface area contributed by atoms with Gasteiger partial charge in [-0.15, -0.1) is 0 Å². The molecule has 0 unspecified atom stereocenters. The number of alkyl halides is 15. The van der Waals surface area contributed by atoms with Crippen LogP contribution in [0.5, 0.6) is 0 Å². The van der Waals surface area contributed by atoms with Crippen LogP contribution < -0.4 is 0 Å². The lowest BCUT2D eigenvalue weighted by Crippen LogP contribution is -2.10. The van der Waals surface area contributed by atoms with E-state index >= 15 is 0 Å². The summed E-state index contributed by atoms with van der Waals surface area (Å²) in [5.41, 5.74) is 0. The van der Waals surface area contributed by atoms with E-state index in [1.807, 2.05) is 0 Å². The molecule has 0 heterocycles. The fourth-order valence-electron chi connectivity index (χ4n) is 0.0292. The molecule has 0 amide bonds. The normalized spacial score (nSPS) is 9.29. The van der Waals surface area contributed by atoms with Gasteiger partial charge in [0.25, 0.3) is 5.92 Å². The summed E-state index contributed by atoms with van der Waals surface area (Å²) in [5.74, 6) is -3.12. The van der Waals surface area contributed by atoms with Crippen LogP contribution in [0.25, 0.3) is 0 Å². The van der Waals surface area contributed by atoms with E-state index in [1.54, 1.807) is 0 Å². The summed E-state index contributed by atoms with van der Waals surface area (Å²) in [6.45, 7) is -10.2. The molecular weight excluding hydrogens is 567 g/mol. The molecule has 1 N–H and O–H groups in total. The minimum absolute atomic E-state index is 0.500. The van der Waals surface area contributed by atoms with Crippen molar-refractivity contribution in [2.24, 2.45) is 0 Å². The molecule has 0 rings (SSSR count). The molecule has 0 aromatic carbocycles. The first-order chi connectivity index (χ1) is 15.3. The predicted molar refractivity (Wildman–Crippen MR) is 83.7 cm³/mol. The molecule has 23 heteroatoms. The Kier molecular flexibility index (Phi) is 71.5. The zero-order chi connectivity index (χ0) is 29.9. The van der Waals surface area contributed by atoms with Gasteiger partial charge < -0.3 is 4.74 Å². The Bertz CT molecular complexity index is 353. The van der Waals surface area contributed by atoms with Gasteiger partial charge in [0, 0.05) is 6.92 Å². The number of halogens is 17. The number of rotatable bonds is 4. The van der Waals surface area contributed by atoms with Crippen LogP contribution in [0, 0.1) is 0 Å². The Morgan fingerprint density at radius 3 is 0.853 bits per heavy atom. The monoisotopic (exact) mass is 588 g/mol. The summed E-state index contributed by atoms with van der Waals surface area (Å²) >= 11 is 0. The summed E-state index contributed by atoms with van der Waals surface area (Å²) in [5, 5.41) is 0. The van der Waals surface area contributed by atoms with Crippen molar-refractivity contribution < 1.29 is 96.9 Å². The van der Waals surface area contributed by atoms with E-state index in [0.717, 1.165) is 0 Å². The van der Waals surface area contributed by atoms with Gasteiger partial charge in [-0.3, -0.25) is 8.94 Å². The smallest absolute Gasteiger partial charge is 0.319 e. The van der Waals surface area contributed by atoms with Crippen molar-refractivity contribution in [2.75, 3.05) is 55.0 Å². The number of hydrogen-bond acceptors (Lipinski definition) is 4. The molecule has 0 radical (unpaired) electrons. The third kappa shape index (κ3) is 461. The van der Waals surface area contributed by atoms with Crippen molar-refractivity contribution in [1.29, 1.82) is 0 Å². The van der Waals surface area contributed by atoms with E-state index in [0.29, 0.717) is 14.1 Å². The molecule has 0 aromatic rings. The fourth-order valence-corrected chi connectivity index (χ4v) is 0.0292. The zero-order valence-electron chi connectivity index (χ0n) is 16.9. The number of ether oxygens (including phenoxy) is 1. The SMILES string of the molecule is CC(F)(F)CF.CF.FCC(F)(F)F.FCF.FCF.FCOCF.FCOF.O=S(=O)(O)F. The largest absolute Gasteiger partial charge is 0.435 e. The van der Waals surface area contributed by atoms with E-state index in [1.165, 1.54) is 0 Å². The first kappa shape index (κ1) is 53.8. The molecule has 0 fully saturated rings. The highest BCUT2D eigenvalue weighted by Gasteiger charge is 2.26. The van der Waals surface area contributed by atoms with Gasteiger partial charge in [0.15, 0.2) is 27.1 Å². The Labute approximate surface area is 182 Å². The maximum absolute atomic E-state index is 11.1. The Morgan fingerprint density at radius 2 is 0.853 bits per heavy atom. The second-order valence-corrected chi connectivity index (χ2v) is 4.03. The maximum Gasteiger partial charge on any atom is 0.435 e. The summed E-state index contributed by atoms with van der Waals surface area (Å²) in [7, 11) is -4.67. The standard InChI is InChI=1S/C3H5F3.C2H2F4.C2H4F2O.CH2F2O.2CH2F2.CH3F.FHO3S/c1-3(5,6)2-4;3-1-2(4,5)6;3-1-5-2-4;2-1-4-3;2*2-1-3;1-2;1-5(2,3)4/h2H2,1H3;1H2;1-2H2;1H2;2*1H2;1H3;(H,2,3,4). The van der Waals surface area contributed by atoms with Crippen LogP contribution in [0.1, 0.15) is 6.92 Å². The van der Waals surface area contributed by atoms with E-state index in [9.17, 15) is 74.3 Å². The second-order valence-electron chi connectivity index (χ2n) is 3.21. The Hall–Kier alpha value is -1.36. The first-order valence-corrected chi connectivity index (χ1v) is 7.97. The van der Waals surface area contributed by atoms with Gasteiger partial charge in [0.05, 0.1) is 7.18 Å². The van der Waals surface area contributed by atoms with Crippen LogP contribution in [0.3, 0.4) is 0 Å². The lowest BCUT2D eigenvalue weighted by atomic mass is 10.4. The minimum Gasteiger partial charge on any atom is -0.319 e. The van der Waals surface area contributed by atoms with Crippen LogP contribution in [0.4, 0.5) is 74.3 Å². The van der Waals surface area contributed by atoms with Crippen molar-refractivity contribution in [3.63, 3.8) is 0 Å². The lowest BCUT2D eigenvalue weighted by Gasteiger charge is -1.99. The average Bonchev–Trinajstić information content (AvgIpc) is 2.70. The fraction of sp³-hybridized carbons (Fsp3) is 1.00. The predicted octanol–water partition coefficient (Wildman–Crippen LogP) is 6.91. The van der Waals surface area contributed by atoms with Crippen LogP contribution in [0.2, 0.25) is 0 Å². The van der Waals surface area contributed by atoms with Crippen LogP contribution in [-0.2, 0) is 20.2 Å². The summed E-state index contributed by atoms with van der Waals surface area (Å²) in [4.78, 5) is 2.38. The highest BCUT2D eigenvalue weighted by atomic mass is 32.3. The van der Waals surface area contributed by atoms with Crippen molar-refractivity contribution in [2.45, 2.75) is 19.0 Å². The summed E-state index contributed by atoms with van der Waals surface area (Å²) < 4.78 is 201. The third-order valence-electron chi connectivity index (χ3n) is 0.582. The van der Waals surface area contributed by atoms with Gasteiger partial charge in [0.1, 0.15) is 0 Å². The van der Waals surface area contributed by atoms with E-state index < -0.39 is 70.4 Å². The molecule has 0 aliphatic heterocycles. The first-order valence-electron chi connectivity index (χ1n) is 6.63. The van der Waals surface area contributed by atoms with Gasteiger partial charge >= 0.3 is 16.7 Å². The molecule has 0 saturated heterocycles. The van der Waals surface area contributed by atoms with Crippen molar-refractivity contribution in [3.05, 3.63) is 0 Å². The third-order valence-corrected chi connectivity index (χ3v) is 0.582.